The van der Waals surface area contributed by atoms with Crippen LogP contribution in [0.5, 0.6) is 0 Å². The number of aromatic nitrogens is 1. The number of esters is 1. The van der Waals surface area contributed by atoms with Crippen LogP contribution in [0.3, 0.4) is 0 Å². The fourth-order valence-electron chi connectivity index (χ4n) is 3.74. The molecule has 9 heteroatoms. The highest BCUT2D eigenvalue weighted by Crippen LogP contribution is 2.30. The van der Waals surface area contributed by atoms with Gasteiger partial charge in [0.1, 0.15) is 12.1 Å². The zero-order chi connectivity index (χ0) is 23.7. The molecule has 4 rings (SSSR count). The molecule has 33 heavy (non-hydrogen) atoms. The van der Waals surface area contributed by atoms with Gasteiger partial charge in [-0.1, -0.05) is 35.9 Å². The predicted molar refractivity (Wildman–Crippen MR) is 131 cm³/mol. The molecule has 1 fully saturated rings. The summed E-state index contributed by atoms with van der Waals surface area (Å²) in [4.78, 5) is 39.5. The number of nitrogens with zero attached hydrogens (tertiary/aromatic N) is 2. The third kappa shape index (κ3) is 4.27. The van der Waals surface area contributed by atoms with E-state index in [0.717, 1.165) is 10.9 Å². The topological polar surface area (TPSA) is 80.6 Å². The second-order valence-electron chi connectivity index (χ2n) is 7.38. The largest absolute Gasteiger partial charge is 0.465 e. The van der Waals surface area contributed by atoms with Crippen molar-refractivity contribution in [2.75, 3.05) is 11.5 Å². The molecule has 0 bridgehead atoms. The van der Waals surface area contributed by atoms with Gasteiger partial charge >= 0.3 is 5.97 Å². The molecular formula is C24H20ClN3O4S. The summed E-state index contributed by atoms with van der Waals surface area (Å²) in [6, 6.07) is 12.6. The van der Waals surface area contributed by atoms with E-state index in [9.17, 15) is 14.4 Å². The average Bonchev–Trinajstić information content (AvgIpc) is 3.11. The van der Waals surface area contributed by atoms with Gasteiger partial charge in [0, 0.05) is 27.7 Å². The number of halogens is 1. The van der Waals surface area contributed by atoms with Gasteiger partial charge < -0.3 is 9.30 Å². The van der Waals surface area contributed by atoms with Crippen LogP contribution in [0.1, 0.15) is 18.1 Å². The molecule has 168 valence electrons. The van der Waals surface area contributed by atoms with Gasteiger partial charge in [-0.25, -0.2) is 0 Å². The third-order valence-electron chi connectivity index (χ3n) is 5.31. The van der Waals surface area contributed by atoms with Gasteiger partial charge in [0.15, 0.2) is 5.11 Å². The first-order chi connectivity index (χ1) is 15.8. The minimum Gasteiger partial charge on any atom is -0.465 e. The molecular weight excluding hydrogens is 462 g/mol. The maximum absolute atomic E-state index is 13.4. The molecule has 0 spiro atoms. The number of ether oxygens (including phenoxy) is 1. The number of para-hydroxylation sites is 1. The standard InChI is InChI=1S/C24H20ClN3O4S/c1-3-32-21(29)13-27-12-15(16-7-4-5-9-20(16)27)11-17-22(30)26-24(33)28(23(17)31)19-10-6-8-18(25)14(19)2/h4-12H,3,13H2,1-2H3,(H,26,30,33)/b17-11+. The fourth-order valence-corrected chi connectivity index (χ4v) is 4.18. The number of thiocarbonyl (C=S) groups is 1. The van der Waals surface area contributed by atoms with Gasteiger partial charge in [0.2, 0.25) is 0 Å². The summed E-state index contributed by atoms with van der Waals surface area (Å²) in [5.74, 6) is -1.53. The molecule has 0 unspecified atom stereocenters. The van der Waals surface area contributed by atoms with Crippen LogP contribution in [0.25, 0.3) is 17.0 Å². The zero-order valence-corrected chi connectivity index (χ0v) is 19.5. The molecule has 1 aliphatic heterocycles. The molecule has 7 nitrogen and oxygen atoms in total. The van der Waals surface area contributed by atoms with Crippen molar-refractivity contribution < 1.29 is 19.1 Å². The molecule has 2 aromatic carbocycles. The Hall–Kier alpha value is -3.49. The molecule has 1 saturated heterocycles. The van der Waals surface area contributed by atoms with Crippen molar-refractivity contribution in [3.05, 3.63) is 70.4 Å². The molecule has 0 radical (unpaired) electrons. The van der Waals surface area contributed by atoms with Crippen molar-refractivity contribution >= 4 is 69.4 Å². The maximum Gasteiger partial charge on any atom is 0.325 e. The quantitative estimate of drug-likeness (QED) is 0.258. The Morgan fingerprint density at radius 2 is 1.94 bits per heavy atom. The number of hydrogen-bond donors (Lipinski definition) is 1. The minimum absolute atomic E-state index is 0.00951. The summed E-state index contributed by atoms with van der Waals surface area (Å²) < 4.78 is 6.79. The minimum atomic E-state index is -0.594. The van der Waals surface area contributed by atoms with E-state index in [-0.39, 0.29) is 29.8 Å². The molecule has 2 amide bonds. The van der Waals surface area contributed by atoms with Gasteiger partial charge in [0.25, 0.3) is 11.8 Å². The van der Waals surface area contributed by atoms with Crippen LogP contribution in [-0.2, 0) is 25.7 Å². The number of amides is 2. The summed E-state index contributed by atoms with van der Waals surface area (Å²) in [6.07, 6.45) is 3.23. The van der Waals surface area contributed by atoms with Crippen molar-refractivity contribution in [3.63, 3.8) is 0 Å². The predicted octanol–water partition coefficient (Wildman–Crippen LogP) is 4.00. The van der Waals surface area contributed by atoms with Crippen LogP contribution in [0.4, 0.5) is 5.69 Å². The van der Waals surface area contributed by atoms with E-state index >= 15 is 0 Å². The maximum atomic E-state index is 13.4. The summed E-state index contributed by atoms with van der Waals surface area (Å²) >= 11 is 11.5. The normalized spacial score (nSPS) is 15.3. The van der Waals surface area contributed by atoms with Gasteiger partial charge in [-0.3, -0.25) is 24.6 Å². The average molecular weight is 482 g/mol. The monoisotopic (exact) mass is 481 g/mol. The number of fused-ring (bicyclic) bond motifs is 1. The highest BCUT2D eigenvalue weighted by molar-refractivity contribution is 7.80. The van der Waals surface area contributed by atoms with Gasteiger partial charge in [-0.05, 0) is 55.9 Å². The number of benzene rings is 2. The summed E-state index contributed by atoms with van der Waals surface area (Å²) in [6.45, 7) is 3.81. The number of rotatable bonds is 5. The first-order valence-electron chi connectivity index (χ1n) is 10.2. The van der Waals surface area contributed by atoms with Gasteiger partial charge in [-0.2, -0.15) is 0 Å². The Kier molecular flexibility index (Phi) is 6.31. The van der Waals surface area contributed by atoms with Crippen molar-refractivity contribution in [3.8, 4) is 0 Å². The Morgan fingerprint density at radius 1 is 1.18 bits per heavy atom. The van der Waals surface area contributed by atoms with Crippen LogP contribution in [0.2, 0.25) is 5.02 Å². The molecule has 0 saturated carbocycles. The molecule has 2 heterocycles. The number of nitrogens with one attached hydrogen (secondary N) is 1. The Morgan fingerprint density at radius 3 is 2.70 bits per heavy atom. The van der Waals surface area contributed by atoms with Crippen molar-refractivity contribution in [2.24, 2.45) is 0 Å². The lowest BCUT2D eigenvalue weighted by molar-refractivity contribution is -0.143. The van der Waals surface area contributed by atoms with E-state index < -0.39 is 11.8 Å². The highest BCUT2D eigenvalue weighted by Gasteiger charge is 2.35. The van der Waals surface area contributed by atoms with Crippen LogP contribution in [-0.4, -0.2) is 34.1 Å². The van der Waals surface area contributed by atoms with E-state index in [1.54, 1.807) is 42.8 Å². The molecule has 0 aliphatic carbocycles. The number of anilines is 1. The Balaban J connectivity index is 1.79. The number of carbonyl (C=O) groups excluding carboxylic acids is 3. The highest BCUT2D eigenvalue weighted by atomic mass is 35.5. The smallest absolute Gasteiger partial charge is 0.325 e. The van der Waals surface area contributed by atoms with E-state index in [0.29, 0.717) is 21.8 Å². The van der Waals surface area contributed by atoms with Crippen LogP contribution >= 0.6 is 23.8 Å². The van der Waals surface area contributed by atoms with E-state index in [1.807, 2.05) is 24.3 Å². The Labute approximate surface area is 200 Å². The number of carbonyl (C=O) groups is 3. The summed E-state index contributed by atoms with van der Waals surface area (Å²) in [5, 5.41) is 3.83. The van der Waals surface area contributed by atoms with E-state index in [2.05, 4.69) is 5.32 Å². The first-order valence-corrected chi connectivity index (χ1v) is 11.0. The molecule has 1 N–H and O–H groups in total. The fraction of sp³-hybridized carbons (Fsp3) is 0.167. The van der Waals surface area contributed by atoms with Crippen LogP contribution in [0.15, 0.2) is 54.2 Å². The second-order valence-corrected chi connectivity index (χ2v) is 8.17. The van der Waals surface area contributed by atoms with Crippen LogP contribution in [0, 0.1) is 6.92 Å². The lowest BCUT2D eigenvalue weighted by atomic mass is 10.1. The Bertz CT molecular complexity index is 1340. The lowest BCUT2D eigenvalue weighted by Crippen LogP contribution is -2.54. The summed E-state index contributed by atoms with van der Waals surface area (Å²) in [7, 11) is 0. The molecule has 3 aromatic rings. The van der Waals surface area contributed by atoms with Gasteiger partial charge in [-0.15, -0.1) is 0 Å². The van der Waals surface area contributed by atoms with Gasteiger partial charge in [0.05, 0.1) is 12.3 Å². The van der Waals surface area contributed by atoms with E-state index in [4.69, 9.17) is 28.6 Å². The van der Waals surface area contributed by atoms with Crippen molar-refractivity contribution in [1.29, 1.82) is 0 Å². The lowest BCUT2D eigenvalue weighted by Gasteiger charge is -2.30. The molecule has 1 aliphatic rings. The summed E-state index contributed by atoms with van der Waals surface area (Å²) in [5.41, 5.74) is 2.47. The SMILES string of the molecule is CCOC(=O)Cn1cc(/C=C2\C(=O)NC(=S)N(c3cccc(Cl)c3C)C2=O)c2ccccc21. The van der Waals surface area contributed by atoms with Crippen LogP contribution < -0.4 is 10.2 Å². The number of hydrogen-bond acceptors (Lipinski definition) is 5. The van der Waals surface area contributed by atoms with Crippen molar-refractivity contribution in [1.82, 2.24) is 9.88 Å². The first kappa shape index (κ1) is 22.7. The van der Waals surface area contributed by atoms with Crippen molar-refractivity contribution in [2.45, 2.75) is 20.4 Å². The second kappa shape index (κ2) is 9.17. The third-order valence-corrected chi connectivity index (χ3v) is 6.00. The van der Waals surface area contributed by atoms with E-state index in [1.165, 1.54) is 11.0 Å². The molecule has 1 aromatic heterocycles. The zero-order valence-electron chi connectivity index (χ0n) is 17.9. The molecule has 0 atom stereocenters.